The Morgan fingerprint density at radius 2 is 1.84 bits per heavy atom. The third-order valence-electron chi connectivity index (χ3n) is 3.97. The highest BCUT2D eigenvalue weighted by molar-refractivity contribution is 5.92. The molecule has 0 fully saturated rings. The van der Waals surface area contributed by atoms with Crippen molar-refractivity contribution >= 4 is 29.8 Å². The van der Waals surface area contributed by atoms with Gasteiger partial charge in [-0.05, 0) is 25.8 Å². The molecule has 0 aromatic carbocycles. The molecule has 0 aliphatic rings. The van der Waals surface area contributed by atoms with Crippen LogP contribution in [0, 0.1) is 0 Å². The van der Waals surface area contributed by atoms with Crippen molar-refractivity contribution in [2.45, 2.75) is 53.1 Å². The Morgan fingerprint density at radius 3 is 2.32 bits per heavy atom. The second kappa shape index (κ2) is 15.5. The zero-order valence-corrected chi connectivity index (χ0v) is 17.6. The van der Waals surface area contributed by atoms with Gasteiger partial charge in [-0.15, -0.1) is 0 Å². The van der Waals surface area contributed by atoms with Crippen molar-refractivity contribution in [3.63, 3.8) is 0 Å². The predicted molar refractivity (Wildman–Crippen MR) is 115 cm³/mol. The first-order chi connectivity index (χ1) is 14.0. The smallest absolute Gasteiger partial charge is 0.407 e. The summed E-state index contributed by atoms with van der Waals surface area (Å²) in [4.78, 5) is 59.2. The van der Waals surface area contributed by atoms with Crippen LogP contribution in [-0.2, 0) is 23.9 Å². The van der Waals surface area contributed by atoms with Crippen LogP contribution in [0.4, 0.5) is 4.79 Å². The van der Waals surface area contributed by atoms with E-state index in [0.717, 1.165) is 16.9 Å². The first-order valence-corrected chi connectivity index (χ1v) is 9.32. The molecule has 176 valence electrons. The lowest BCUT2D eigenvalue weighted by Crippen LogP contribution is -2.53. The monoisotopic (exact) mass is 442 g/mol. The topological polar surface area (TPSA) is 168 Å². The van der Waals surface area contributed by atoms with Crippen molar-refractivity contribution in [1.82, 2.24) is 15.5 Å². The molecule has 31 heavy (non-hydrogen) atoms. The number of amides is 4. The lowest BCUT2D eigenvalue weighted by molar-refractivity contribution is -0.145. The van der Waals surface area contributed by atoms with Crippen molar-refractivity contribution in [2.75, 3.05) is 20.2 Å². The number of carboxylic acids is 1. The van der Waals surface area contributed by atoms with Gasteiger partial charge in [-0.3, -0.25) is 14.4 Å². The van der Waals surface area contributed by atoms with Gasteiger partial charge < -0.3 is 31.1 Å². The summed E-state index contributed by atoms with van der Waals surface area (Å²) in [5.74, 6) is -3.71. The number of nitrogens with one attached hydrogen (secondary N) is 2. The third kappa shape index (κ3) is 12.0. The van der Waals surface area contributed by atoms with Gasteiger partial charge in [0.15, 0.2) is 0 Å². The van der Waals surface area contributed by atoms with Crippen LogP contribution in [0.15, 0.2) is 23.8 Å². The Labute approximate surface area is 182 Å². The van der Waals surface area contributed by atoms with E-state index in [-0.39, 0.29) is 14.0 Å². The highest BCUT2D eigenvalue weighted by Crippen LogP contribution is 2.02. The van der Waals surface area contributed by atoms with E-state index in [0.29, 0.717) is 0 Å². The van der Waals surface area contributed by atoms with Crippen LogP contribution < -0.4 is 16.4 Å². The van der Waals surface area contributed by atoms with E-state index in [9.17, 15) is 24.0 Å². The summed E-state index contributed by atoms with van der Waals surface area (Å²) in [6.45, 7) is 4.77. The van der Waals surface area contributed by atoms with Crippen LogP contribution in [0.5, 0.6) is 0 Å². The molecule has 2 atom stereocenters. The Morgan fingerprint density at radius 1 is 1.23 bits per heavy atom. The minimum atomic E-state index is -1.50. The average molecular weight is 443 g/mol. The molecule has 0 aromatic heterocycles. The molecule has 11 nitrogen and oxygen atoms in total. The van der Waals surface area contributed by atoms with Gasteiger partial charge in [-0.1, -0.05) is 32.6 Å². The normalized spacial score (nSPS) is 12.8. The number of primary amides is 1. The van der Waals surface area contributed by atoms with Crippen molar-refractivity contribution in [1.29, 1.82) is 0 Å². The number of hydrogen-bond acceptors (Lipinski definition) is 6. The fraction of sp³-hybridized carbons (Fsp3) is 0.550. The molecule has 0 aliphatic carbocycles. The number of carbonyl (C=O) groups excluding carboxylic acids is 4. The molecule has 11 heteroatoms. The lowest BCUT2D eigenvalue weighted by atomic mass is 10.1. The maximum atomic E-state index is 12.2. The van der Waals surface area contributed by atoms with Crippen LogP contribution in [0.1, 0.15) is 41.0 Å². The zero-order chi connectivity index (χ0) is 23.3. The number of allylic oxidation sites excluding steroid dienone is 2. The highest BCUT2D eigenvalue weighted by Gasteiger charge is 2.28. The summed E-state index contributed by atoms with van der Waals surface area (Å²) in [6.07, 6.45) is 4.91. The van der Waals surface area contributed by atoms with Gasteiger partial charge >= 0.3 is 12.1 Å². The van der Waals surface area contributed by atoms with Crippen molar-refractivity contribution in [3.8, 4) is 0 Å². The van der Waals surface area contributed by atoms with Gasteiger partial charge in [-0.2, -0.15) is 0 Å². The number of ether oxygens (including phenoxy) is 1. The maximum Gasteiger partial charge on any atom is 0.407 e. The summed E-state index contributed by atoms with van der Waals surface area (Å²) < 4.78 is 5.03. The van der Waals surface area contributed by atoms with Gasteiger partial charge in [0, 0.05) is 7.05 Å². The Bertz CT molecular complexity index is 704. The van der Waals surface area contributed by atoms with Crippen LogP contribution in [0.2, 0.25) is 0 Å². The molecule has 5 N–H and O–H groups in total. The number of likely N-dealkylation sites (N-methyl/N-ethyl adjacent to an activating group) is 1. The van der Waals surface area contributed by atoms with Crippen molar-refractivity contribution in [3.05, 3.63) is 23.8 Å². The molecule has 4 amide bonds. The molecule has 0 aromatic rings. The summed E-state index contributed by atoms with van der Waals surface area (Å²) in [6, 6.07) is -2.56. The Balaban J connectivity index is 0. The quantitative estimate of drug-likeness (QED) is 0.320. The van der Waals surface area contributed by atoms with Gasteiger partial charge in [0.1, 0.15) is 25.2 Å². The van der Waals surface area contributed by atoms with E-state index >= 15 is 0 Å². The van der Waals surface area contributed by atoms with E-state index in [2.05, 4.69) is 10.6 Å². The second-order valence-corrected chi connectivity index (χ2v) is 6.37. The number of hydrogen-bond donors (Lipinski definition) is 4. The summed E-state index contributed by atoms with van der Waals surface area (Å²) in [5.41, 5.74) is 5.77. The predicted octanol–water partition coefficient (Wildman–Crippen LogP) is 0.553. The average Bonchev–Trinajstić information content (AvgIpc) is 2.68. The number of rotatable bonds is 12. The van der Waals surface area contributed by atoms with Gasteiger partial charge in [0.2, 0.25) is 17.7 Å². The number of carbonyl (C=O) groups is 5. The highest BCUT2D eigenvalue weighted by atomic mass is 16.5. The number of nitrogens with two attached hydrogens (primary N) is 1. The van der Waals surface area contributed by atoms with Crippen LogP contribution in [0.3, 0.4) is 0 Å². The largest absolute Gasteiger partial charge is 0.480 e. The number of nitrogens with zero attached hydrogens (tertiary/aromatic N) is 1. The molecule has 0 bridgehead atoms. The lowest BCUT2D eigenvalue weighted by Gasteiger charge is -2.25. The standard InChI is InChI=1S/C19H30N4O7.CH4/c1-5-7-13(8-6-2)11-30-19(29)21-10-16(25)23(4)12(3)17(26)22-14(18(27)28)9-15(20)24;/h5,7-8,12,14H,6,9-11H2,1-4H3,(H2,20,24)(H,21,29)(H,22,26)(H,27,28);1H4/b7-5-,13-8+;. The third-order valence-corrected chi connectivity index (χ3v) is 3.97. The SMILES string of the molecule is C.C/C=C\C(=C/CC)COC(=O)NCC(=O)N(C)C(C)C(=O)NC(CC(N)=O)C(=O)O. The maximum absolute atomic E-state index is 12.2. The second-order valence-electron chi connectivity index (χ2n) is 6.37. The fourth-order valence-corrected chi connectivity index (χ4v) is 2.21. The van der Waals surface area contributed by atoms with Gasteiger partial charge in [0.05, 0.1) is 6.42 Å². The van der Waals surface area contributed by atoms with Crippen molar-refractivity contribution < 1.29 is 33.8 Å². The molecule has 0 spiro atoms. The van der Waals surface area contributed by atoms with E-state index in [4.69, 9.17) is 15.6 Å². The first-order valence-electron chi connectivity index (χ1n) is 9.32. The summed E-state index contributed by atoms with van der Waals surface area (Å²) in [5, 5.41) is 13.5. The zero-order valence-electron chi connectivity index (χ0n) is 17.6. The molecule has 0 aliphatic heterocycles. The molecule has 2 unspecified atom stereocenters. The molecule has 0 saturated heterocycles. The minimum Gasteiger partial charge on any atom is -0.480 e. The van der Waals surface area contributed by atoms with Crippen molar-refractivity contribution in [2.24, 2.45) is 5.73 Å². The van der Waals surface area contributed by atoms with Crippen LogP contribution >= 0.6 is 0 Å². The Kier molecular flexibility index (Phi) is 14.9. The molecule has 0 radical (unpaired) electrons. The molecule has 0 heterocycles. The van der Waals surface area contributed by atoms with Crippen LogP contribution in [-0.4, -0.2) is 72.1 Å². The summed E-state index contributed by atoms with van der Waals surface area (Å²) in [7, 11) is 1.32. The Hall–Kier alpha value is -3.37. The fourth-order valence-electron chi connectivity index (χ4n) is 2.21. The number of carboxylic acid groups (broad SMARTS) is 1. The molecule has 0 rings (SSSR count). The number of alkyl carbamates (subject to hydrolysis) is 1. The van der Waals surface area contributed by atoms with E-state index in [1.165, 1.54) is 14.0 Å². The molecular weight excluding hydrogens is 408 g/mol. The van der Waals surface area contributed by atoms with E-state index in [1.54, 1.807) is 6.08 Å². The van der Waals surface area contributed by atoms with Gasteiger partial charge in [-0.25, -0.2) is 9.59 Å². The van der Waals surface area contributed by atoms with E-state index in [1.807, 2.05) is 26.0 Å². The molecule has 0 saturated carbocycles. The minimum absolute atomic E-state index is 0. The van der Waals surface area contributed by atoms with Gasteiger partial charge in [0.25, 0.3) is 0 Å². The first kappa shape index (κ1) is 29.8. The summed E-state index contributed by atoms with van der Waals surface area (Å²) >= 11 is 0. The molecular formula is C20H34N4O7. The number of aliphatic carboxylic acids is 1. The van der Waals surface area contributed by atoms with Crippen LogP contribution in [0.25, 0.3) is 0 Å². The van der Waals surface area contributed by atoms with E-state index < -0.39 is 54.8 Å².